The summed E-state index contributed by atoms with van der Waals surface area (Å²) in [6, 6.07) is 9.69. The van der Waals surface area contributed by atoms with E-state index in [4.69, 9.17) is 4.74 Å². The van der Waals surface area contributed by atoms with Crippen LogP contribution < -0.4 is 4.90 Å². The first-order valence-corrected chi connectivity index (χ1v) is 9.46. The molecule has 1 fully saturated rings. The Kier molecular flexibility index (Phi) is 4.93. The minimum Gasteiger partial charge on any atom is -0.445 e. The van der Waals surface area contributed by atoms with Gasteiger partial charge in [-0.05, 0) is 21.5 Å². The Morgan fingerprint density at radius 2 is 1.89 bits per heavy atom. The van der Waals surface area contributed by atoms with Crippen molar-refractivity contribution in [2.45, 2.75) is 6.61 Å². The van der Waals surface area contributed by atoms with Gasteiger partial charge < -0.3 is 14.5 Å². The van der Waals surface area contributed by atoms with Crippen LogP contribution in [-0.2, 0) is 18.4 Å². The van der Waals surface area contributed by atoms with Gasteiger partial charge in [0.05, 0.1) is 5.39 Å². The van der Waals surface area contributed by atoms with Gasteiger partial charge in [-0.15, -0.1) is 0 Å². The Balaban J connectivity index is 1.40. The van der Waals surface area contributed by atoms with E-state index in [9.17, 15) is 4.79 Å². The maximum absolute atomic E-state index is 12.3. The lowest BCUT2D eigenvalue weighted by atomic mass is 10.2. The van der Waals surface area contributed by atoms with Crippen LogP contribution in [0.4, 0.5) is 10.6 Å². The van der Waals surface area contributed by atoms with E-state index in [1.165, 1.54) is 0 Å². The number of fused-ring (bicyclic) bond motifs is 1. The van der Waals surface area contributed by atoms with Gasteiger partial charge in [0, 0.05) is 33.2 Å². The summed E-state index contributed by atoms with van der Waals surface area (Å²) in [5, 5.41) is 5.25. The lowest BCUT2D eigenvalue weighted by molar-refractivity contribution is 0.0941. The molecule has 4 rings (SSSR count). The van der Waals surface area contributed by atoms with Crippen LogP contribution in [0, 0.1) is 0 Å². The van der Waals surface area contributed by atoms with Crippen molar-refractivity contribution in [1.29, 1.82) is 0 Å². The van der Waals surface area contributed by atoms with E-state index < -0.39 is 0 Å². The molecule has 0 aliphatic carbocycles. The highest BCUT2D eigenvalue weighted by Gasteiger charge is 2.25. The second-order valence-corrected chi connectivity index (χ2v) is 7.08. The maximum Gasteiger partial charge on any atom is 0.410 e. The van der Waals surface area contributed by atoms with E-state index in [2.05, 4.69) is 35.9 Å². The smallest absolute Gasteiger partial charge is 0.410 e. The molecule has 0 saturated carbocycles. The molecule has 9 heteroatoms. The van der Waals surface area contributed by atoms with Gasteiger partial charge in [0.2, 0.25) is 0 Å². The fraction of sp³-hybridized carbons (Fsp3) is 0.333. The third-order valence-electron chi connectivity index (χ3n) is 4.60. The summed E-state index contributed by atoms with van der Waals surface area (Å²) in [5.41, 5.74) is 1.76. The van der Waals surface area contributed by atoms with Gasteiger partial charge in [-0.2, -0.15) is 5.10 Å². The summed E-state index contributed by atoms with van der Waals surface area (Å²) < 4.78 is 7.87. The zero-order valence-electron chi connectivity index (χ0n) is 14.9. The second kappa shape index (κ2) is 7.51. The lowest BCUT2D eigenvalue weighted by Gasteiger charge is -2.34. The van der Waals surface area contributed by atoms with Gasteiger partial charge >= 0.3 is 6.09 Å². The number of amides is 1. The summed E-state index contributed by atoms with van der Waals surface area (Å²) >= 11 is 3.49. The van der Waals surface area contributed by atoms with E-state index in [0.29, 0.717) is 26.2 Å². The van der Waals surface area contributed by atoms with E-state index >= 15 is 0 Å². The summed E-state index contributed by atoms with van der Waals surface area (Å²) in [7, 11) is 1.85. The number of anilines is 1. The molecule has 3 aromatic rings. The third-order valence-corrected chi connectivity index (χ3v) is 5.16. The normalized spacial score (nSPS) is 14.6. The Hall–Kier alpha value is -2.68. The van der Waals surface area contributed by atoms with E-state index in [0.717, 1.165) is 27.0 Å². The molecule has 3 heterocycles. The zero-order valence-corrected chi connectivity index (χ0v) is 16.5. The Morgan fingerprint density at radius 1 is 1.15 bits per heavy atom. The Morgan fingerprint density at radius 3 is 2.63 bits per heavy atom. The molecule has 8 nitrogen and oxygen atoms in total. The quantitative estimate of drug-likeness (QED) is 0.635. The molecule has 0 N–H and O–H groups in total. The highest BCUT2D eigenvalue weighted by Crippen LogP contribution is 2.29. The fourth-order valence-electron chi connectivity index (χ4n) is 3.18. The number of aromatic nitrogens is 4. The van der Waals surface area contributed by atoms with Gasteiger partial charge in [-0.3, -0.25) is 0 Å². The average Bonchev–Trinajstić information content (AvgIpc) is 3.01. The number of piperazine rings is 1. The predicted octanol–water partition coefficient (Wildman–Crippen LogP) is 2.58. The van der Waals surface area contributed by atoms with Crippen molar-refractivity contribution in [2.75, 3.05) is 31.1 Å². The topological polar surface area (TPSA) is 76.4 Å². The van der Waals surface area contributed by atoms with Crippen LogP contribution in [0.2, 0.25) is 0 Å². The number of rotatable bonds is 3. The molecule has 0 unspecified atom stereocenters. The summed E-state index contributed by atoms with van der Waals surface area (Å²) in [5.74, 6) is 0.831. The van der Waals surface area contributed by atoms with Gasteiger partial charge in [0.25, 0.3) is 0 Å². The SMILES string of the molecule is Cn1nc(Br)c2c(N3CCN(C(=O)OCc4ccccc4)CC3)ncnc21. The van der Waals surface area contributed by atoms with Crippen molar-refractivity contribution in [3.8, 4) is 0 Å². The van der Waals surface area contributed by atoms with Gasteiger partial charge in [-0.1, -0.05) is 30.3 Å². The van der Waals surface area contributed by atoms with Crippen LogP contribution in [0.5, 0.6) is 0 Å². The van der Waals surface area contributed by atoms with Crippen molar-refractivity contribution >= 4 is 38.9 Å². The molecule has 1 saturated heterocycles. The Labute approximate surface area is 164 Å². The number of carbonyl (C=O) groups is 1. The van der Waals surface area contributed by atoms with Crippen LogP contribution in [0.15, 0.2) is 41.3 Å². The molecule has 2 aromatic heterocycles. The largest absolute Gasteiger partial charge is 0.445 e. The van der Waals surface area contributed by atoms with Gasteiger partial charge in [-0.25, -0.2) is 19.4 Å². The predicted molar refractivity (Wildman–Crippen MR) is 104 cm³/mol. The first-order chi connectivity index (χ1) is 13.1. The average molecular weight is 431 g/mol. The number of halogens is 1. The third kappa shape index (κ3) is 3.59. The molecule has 1 aliphatic heterocycles. The monoisotopic (exact) mass is 430 g/mol. The highest BCUT2D eigenvalue weighted by molar-refractivity contribution is 9.10. The van der Waals surface area contributed by atoms with Crippen LogP contribution in [0.3, 0.4) is 0 Å². The molecule has 1 aromatic carbocycles. The van der Waals surface area contributed by atoms with Crippen LogP contribution in [0.25, 0.3) is 11.0 Å². The van der Waals surface area contributed by atoms with Gasteiger partial charge in [0.15, 0.2) is 5.65 Å². The number of benzene rings is 1. The van der Waals surface area contributed by atoms with Crippen molar-refractivity contribution in [3.63, 3.8) is 0 Å². The number of ether oxygens (including phenoxy) is 1. The van der Waals surface area contributed by atoms with Crippen molar-refractivity contribution < 1.29 is 9.53 Å². The Bertz CT molecular complexity index is 953. The van der Waals surface area contributed by atoms with Crippen LogP contribution in [0.1, 0.15) is 5.56 Å². The van der Waals surface area contributed by atoms with E-state index in [1.807, 2.05) is 37.4 Å². The number of nitrogens with zero attached hydrogens (tertiary/aromatic N) is 6. The first-order valence-electron chi connectivity index (χ1n) is 8.67. The van der Waals surface area contributed by atoms with Crippen molar-refractivity contribution in [2.24, 2.45) is 7.05 Å². The molecule has 0 radical (unpaired) electrons. The molecule has 140 valence electrons. The number of aryl methyl sites for hydroxylation is 1. The minimum atomic E-state index is -0.283. The number of carbonyl (C=O) groups excluding carboxylic acids is 1. The molecule has 27 heavy (non-hydrogen) atoms. The van der Waals surface area contributed by atoms with Crippen LogP contribution >= 0.6 is 15.9 Å². The summed E-state index contributed by atoms with van der Waals surface area (Å²) in [6.07, 6.45) is 1.26. The van der Waals surface area contributed by atoms with Crippen LogP contribution in [-0.4, -0.2) is 56.9 Å². The minimum absolute atomic E-state index is 0.283. The zero-order chi connectivity index (χ0) is 18.8. The molecular weight excluding hydrogens is 412 g/mol. The number of hydrogen-bond donors (Lipinski definition) is 0. The van der Waals surface area contributed by atoms with Gasteiger partial charge in [0.1, 0.15) is 23.4 Å². The number of hydrogen-bond acceptors (Lipinski definition) is 6. The second-order valence-electron chi connectivity index (χ2n) is 6.32. The van der Waals surface area contributed by atoms with E-state index in [-0.39, 0.29) is 12.7 Å². The summed E-state index contributed by atoms with van der Waals surface area (Å²) in [6.45, 7) is 2.80. The lowest BCUT2D eigenvalue weighted by Crippen LogP contribution is -2.49. The standard InChI is InChI=1S/C18H19BrN6O2/c1-23-16-14(15(19)22-23)17(21-12-20-16)24-7-9-25(10-8-24)18(26)27-11-13-5-3-2-4-6-13/h2-6,12H,7-11H2,1H3. The summed E-state index contributed by atoms with van der Waals surface area (Å²) in [4.78, 5) is 25.0. The molecule has 0 spiro atoms. The van der Waals surface area contributed by atoms with Crippen molar-refractivity contribution in [3.05, 3.63) is 46.8 Å². The molecule has 0 atom stereocenters. The molecule has 1 aliphatic rings. The first kappa shape index (κ1) is 17.7. The molecular formula is C18H19BrN6O2. The molecule has 1 amide bonds. The van der Waals surface area contributed by atoms with Crippen molar-refractivity contribution in [1.82, 2.24) is 24.6 Å². The molecule has 0 bridgehead atoms. The van der Waals surface area contributed by atoms with E-state index in [1.54, 1.807) is 15.9 Å². The fourth-order valence-corrected chi connectivity index (χ4v) is 3.77. The maximum atomic E-state index is 12.3. The highest BCUT2D eigenvalue weighted by atomic mass is 79.9.